The third-order valence-corrected chi connectivity index (χ3v) is 21.9. The average Bonchev–Trinajstić information content (AvgIpc) is 3.34. The SMILES string of the molecule is c1ccc(-c2ccc(N(c3ccc(-c4ccc(-c5cc[c]([Ge]([c]6ccccc6)([c]6ccccc6)[c]6ccccc6)cc5)cc4)cc3)c3cccc4ccccc34)cc2)cc1. The van der Waals surface area contributed by atoms with Crippen LogP contribution < -0.4 is 22.5 Å². The van der Waals surface area contributed by atoms with Crippen LogP contribution in [0, 0.1) is 0 Å². The summed E-state index contributed by atoms with van der Waals surface area (Å²) in [6.45, 7) is 0. The van der Waals surface area contributed by atoms with E-state index < -0.39 is 13.3 Å². The number of nitrogens with zero attached hydrogens (tertiary/aromatic N) is 1. The van der Waals surface area contributed by atoms with Crippen molar-refractivity contribution in [1.29, 1.82) is 0 Å². The molecule has 0 spiro atoms. The second-order valence-corrected chi connectivity index (χ2v) is 23.3. The molecule has 0 aliphatic rings. The molecule has 0 aliphatic carbocycles. The van der Waals surface area contributed by atoms with Crippen LogP contribution in [-0.2, 0) is 0 Å². The Balaban J connectivity index is 0.964. The van der Waals surface area contributed by atoms with Crippen LogP contribution in [0.3, 0.4) is 0 Å². The van der Waals surface area contributed by atoms with Gasteiger partial charge in [-0.2, -0.15) is 0 Å². The van der Waals surface area contributed by atoms with Crippen molar-refractivity contribution in [2.24, 2.45) is 0 Å². The van der Waals surface area contributed by atoms with Crippen molar-refractivity contribution in [3.05, 3.63) is 261 Å². The number of anilines is 3. The van der Waals surface area contributed by atoms with Crippen LogP contribution in [-0.4, -0.2) is 13.3 Å². The quantitative estimate of drug-likeness (QED) is 0.124. The first-order valence-electron chi connectivity index (χ1n) is 20.7. The van der Waals surface area contributed by atoms with Crippen LogP contribution >= 0.6 is 0 Å². The molecule has 10 rings (SSSR count). The van der Waals surface area contributed by atoms with Gasteiger partial charge in [-0.3, -0.25) is 0 Å². The van der Waals surface area contributed by atoms with Gasteiger partial charge in [0.15, 0.2) is 0 Å². The molecule has 0 radical (unpaired) electrons. The Morgan fingerprint density at radius 1 is 0.233 bits per heavy atom. The fourth-order valence-electron chi connectivity index (χ4n) is 8.90. The Kier molecular flexibility index (Phi) is 10.3. The van der Waals surface area contributed by atoms with Gasteiger partial charge in [-0.1, -0.05) is 78.9 Å². The molecule has 10 aromatic rings. The van der Waals surface area contributed by atoms with E-state index in [1.54, 1.807) is 0 Å². The maximum atomic E-state index is 2.39. The van der Waals surface area contributed by atoms with Crippen LogP contribution in [0.5, 0.6) is 0 Å². The van der Waals surface area contributed by atoms with Gasteiger partial charge in [0, 0.05) is 11.1 Å². The zero-order valence-electron chi connectivity index (χ0n) is 33.3. The maximum Gasteiger partial charge on any atom is 0.0540 e. The van der Waals surface area contributed by atoms with E-state index >= 15 is 0 Å². The molecular formula is C58H43GeN. The van der Waals surface area contributed by atoms with Gasteiger partial charge in [0.25, 0.3) is 0 Å². The van der Waals surface area contributed by atoms with E-state index in [0.29, 0.717) is 0 Å². The van der Waals surface area contributed by atoms with Crippen LogP contribution in [0.15, 0.2) is 261 Å². The fourth-order valence-corrected chi connectivity index (χ4v) is 18.9. The summed E-state index contributed by atoms with van der Waals surface area (Å²) in [6, 6.07) is 95.7. The Bertz CT molecular complexity index is 2860. The molecule has 0 aliphatic heterocycles. The topological polar surface area (TPSA) is 3.24 Å². The number of hydrogen-bond acceptors (Lipinski definition) is 1. The van der Waals surface area contributed by atoms with Gasteiger partial charge in [0.2, 0.25) is 0 Å². The van der Waals surface area contributed by atoms with E-state index in [1.165, 1.54) is 61.7 Å². The van der Waals surface area contributed by atoms with Crippen LogP contribution in [0.4, 0.5) is 17.1 Å². The summed E-state index contributed by atoms with van der Waals surface area (Å²) in [6.07, 6.45) is 0. The molecule has 0 N–H and O–H groups in total. The van der Waals surface area contributed by atoms with Crippen molar-refractivity contribution in [1.82, 2.24) is 0 Å². The summed E-state index contributed by atoms with van der Waals surface area (Å²) < 4.78 is 5.71. The summed E-state index contributed by atoms with van der Waals surface area (Å²) >= 11 is -3.30. The van der Waals surface area contributed by atoms with Crippen LogP contribution in [0.2, 0.25) is 0 Å². The second-order valence-electron chi connectivity index (χ2n) is 15.3. The van der Waals surface area contributed by atoms with E-state index in [9.17, 15) is 0 Å². The molecule has 0 fully saturated rings. The Morgan fingerprint density at radius 2 is 0.550 bits per heavy atom. The molecular weight excluding hydrogens is 783 g/mol. The molecule has 0 amide bonds. The summed E-state index contributed by atoms with van der Waals surface area (Å²) in [5.41, 5.74) is 10.6. The van der Waals surface area contributed by atoms with Crippen molar-refractivity contribution in [3.63, 3.8) is 0 Å². The van der Waals surface area contributed by atoms with Crippen LogP contribution in [0.25, 0.3) is 44.2 Å². The second kappa shape index (κ2) is 16.6. The summed E-state index contributed by atoms with van der Waals surface area (Å²) in [5.74, 6) is 0. The van der Waals surface area contributed by atoms with Gasteiger partial charge in [0.05, 0.1) is 5.69 Å². The third kappa shape index (κ3) is 7.04. The van der Waals surface area contributed by atoms with Crippen molar-refractivity contribution >= 4 is 58.7 Å². The van der Waals surface area contributed by atoms with E-state index in [-0.39, 0.29) is 0 Å². The van der Waals surface area contributed by atoms with Gasteiger partial charge < -0.3 is 4.90 Å². The normalized spacial score (nSPS) is 11.3. The van der Waals surface area contributed by atoms with E-state index in [1.807, 2.05) is 0 Å². The smallest absolute Gasteiger partial charge is 0.0540 e. The minimum atomic E-state index is -3.30. The summed E-state index contributed by atoms with van der Waals surface area (Å²) in [7, 11) is 0. The Morgan fingerprint density at radius 3 is 1.00 bits per heavy atom. The first-order chi connectivity index (χ1) is 29.8. The predicted octanol–water partition coefficient (Wildman–Crippen LogP) is 12.7. The molecule has 0 saturated heterocycles. The van der Waals surface area contributed by atoms with E-state index in [0.717, 1.165) is 17.1 Å². The van der Waals surface area contributed by atoms with Gasteiger partial charge in [-0.15, -0.1) is 0 Å². The molecule has 0 unspecified atom stereocenters. The minimum Gasteiger partial charge on any atom is -0.0617 e. The molecule has 0 aromatic heterocycles. The van der Waals surface area contributed by atoms with Crippen LogP contribution in [0.1, 0.15) is 0 Å². The number of benzene rings is 10. The molecule has 0 saturated carbocycles. The van der Waals surface area contributed by atoms with Gasteiger partial charge in [-0.25, -0.2) is 0 Å². The van der Waals surface area contributed by atoms with Gasteiger partial charge >= 0.3 is 223 Å². The number of fused-ring (bicyclic) bond motifs is 1. The largest absolute Gasteiger partial charge is 0.0617 e. The molecule has 0 heterocycles. The van der Waals surface area contributed by atoms with Crippen molar-refractivity contribution < 1.29 is 0 Å². The monoisotopic (exact) mass is 827 g/mol. The zero-order valence-corrected chi connectivity index (χ0v) is 35.4. The van der Waals surface area contributed by atoms with Crippen molar-refractivity contribution in [2.45, 2.75) is 0 Å². The standard InChI is InChI=1S/C58H43GeN/c1-5-16-44(17-6-1)48-34-40-55(41-35-48)60(58-27-15-19-50-18-13-14-26-57(50)58)56-42-36-49(37-43-56)46-30-28-45(29-31-46)47-32-38-54(39-33-47)59(51-20-7-2-8-21-51,52-22-9-3-10-23-52)53-24-11-4-12-25-53/h1-43H. The van der Waals surface area contributed by atoms with E-state index in [2.05, 4.69) is 266 Å². The minimum absolute atomic E-state index is 1.11. The summed E-state index contributed by atoms with van der Waals surface area (Å²) in [4.78, 5) is 2.37. The first kappa shape index (κ1) is 37.1. The molecule has 60 heavy (non-hydrogen) atoms. The number of hydrogen-bond donors (Lipinski definition) is 0. The predicted molar refractivity (Wildman–Crippen MR) is 259 cm³/mol. The Hall–Kier alpha value is -7.20. The zero-order chi connectivity index (χ0) is 40.1. The average molecular weight is 827 g/mol. The number of rotatable bonds is 10. The fraction of sp³-hybridized carbons (Fsp3) is 0. The molecule has 1 nitrogen and oxygen atoms in total. The molecule has 2 heteroatoms. The Labute approximate surface area is 355 Å². The maximum absolute atomic E-state index is 3.30. The molecule has 284 valence electrons. The van der Waals surface area contributed by atoms with Gasteiger partial charge in [-0.05, 0) is 34.7 Å². The molecule has 0 bridgehead atoms. The van der Waals surface area contributed by atoms with Crippen molar-refractivity contribution in [3.8, 4) is 33.4 Å². The molecule has 10 aromatic carbocycles. The van der Waals surface area contributed by atoms with Gasteiger partial charge in [0.1, 0.15) is 0 Å². The van der Waals surface area contributed by atoms with Crippen molar-refractivity contribution in [2.75, 3.05) is 4.90 Å². The molecule has 0 atom stereocenters. The van der Waals surface area contributed by atoms with E-state index in [4.69, 9.17) is 0 Å². The third-order valence-electron chi connectivity index (χ3n) is 11.9. The first-order valence-corrected chi connectivity index (χ1v) is 24.9. The summed E-state index contributed by atoms with van der Waals surface area (Å²) in [5, 5.41) is 2.44.